The standard InChI is InChI=1S/C19H21ClN2O4S2/c1-27-14-9-7-13(8-10-14)21-19(24)17(11-12-28(2,25)26)22-18(23)15-5-3-4-6-16(15)20/h3-10,17H,11-12H2,1-2H3,(H,21,24)(H,22,23)/t17-/m0/s1. The van der Waals surface area contributed by atoms with Crippen molar-refractivity contribution in [1.82, 2.24) is 5.32 Å². The number of carbonyl (C=O) groups is 2. The highest BCUT2D eigenvalue weighted by Gasteiger charge is 2.24. The second-order valence-corrected chi connectivity index (χ2v) is 9.69. The zero-order chi connectivity index (χ0) is 20.7. The zero-order valence-corrected chi connectivity index (χ0v) is 17.8. The lowest BCUT2D eigenvalue weighted by Crippen LogP contribution is -2.44. The summed E-state index contributed by atoms with van der Waals surface area (Å²) < 4.78 is 23.1. The molecule has 28 heavy (non-hydrogen) atoms. The highest BCUT2D eigenvalue weighted by molar-refractivity contribution is 7.98. The van der Waals surface area contributed by atoms with E-state index in [0.717, 1.165) is 11.2 Å². The van der Waals surface area contributed by atoms with Crippen LogP contribution in [0.25, 0.3) is 0 Å². The third kappa shape index (κ3) is 6.85. The summed E-state index contributed by atoms with van der Waals surface area (Å²) in [5.74, 6) is -1.28. The maximum Gasteiger partial charge on any atom is 0.253 e. The molecule has 0 aliphatic heterocycles. The molecule has 0 spiro atoms. The molecule has 0 radical (unpaired) electrons. The SMILES string of the molecule is CSc1ccc(NC(=O)[C@H](CCS(C)(=O)=O)NC(=O)c2ccccc2Cl)cc1. The highest BCUT2D eigenvalue weighted by Crippen LogP contribution is 2.18. The van der Waals surface area contributed by atoms with E-state index < -0.39 is 27.7 Å². The van der Waals surface area contributed by atoms with Crippen molar-refractivity contribution in [2.75, 3.05) is 23.6 Å². The molecule has 0 fully saturated rings. The fourth-order valence-corrected chi connectivity index (χ4v) is 3.68. The first-order valence-electron chi connectivity index (χ1n) is 8.37. The fraction of sp³-hybridized carbons (Fsp3) is 0.263. The van der Waals surface area contributed by atoms with E-state index in [1.165, 1.54) is 6.07 Å². The lowest BCUT2D eigenvalue weighted by atomic mass is 10.1. The summed E-state index contributed by atoms with van der Waals surface area (Å²) in [4.78, 5) is 26.2. The summed E-state index contributed by atoms with van der Waals surface area (Å²) in [6.07, 6.45) is 2.97. The summed E-state index contributed by atoms with van der Waals surface area (Å²) in [6, 6.07) is 12.6. The number of rotatable bonds is 8. The predicted octanol–water partition coefficient (Wildman–Crippen LogP) is 3.23. The molecule has 150 valence electrons. The quantitative estimate of drug-likeness (QED) is 0.615. The van der Waals surface area contributed by atoms with Gasteiger partial charge in [-0.25, -0.2) is 8.42 Å². The molecule has 2 aromatic rings. The average Bonchev–Trinajstić information content (AvgIpc) is 2.65. The topological polar surface area (TPSA) is 92.3 Å². The van der Waals surface area contributed by atoms with Gasteiger partial charge in [0, 0.05) is 16.8 Å². The van der Waals surface area contributed by atoms with Gasteiger partial charge >= 0.3 is 0 Å². The molecule has 2 amide bonds. The number of thioether (sulfide) groups is 1. The summed E-state index contributed by atoms with van der Waals surface area (Å²) in [5, 5.41) is 5.54. The molecule has 2 rings (SSSR count). The summed E-state index contributed by atoms with van der Waals surface area (Å²) >= 11 is 7.60. The zero-order valence-electron chi connectivity index (χ0n) is 15.4. The van der Waals surface area contributed by atoms with Gasteiger partial charge < -0.3 is 10.6 Å². The Labute approximate surface area is 174 Å². The number of sulfone groups is 1. The van der Waals surface area contributed by atoms with Crippen LogP contribution >= 0.6 is 23.4 Å². The molecule has 6 nitrogen and oxygen atoms in total. The molecule has 9 heteroatoms. The van der Waals surface area contributed by atoms with Crippen molar-refractivity contribution in [2.45, 2.75) is 17.4 Å². The summed E-state index contributed by atoms with van der Waals surface area (Å²) in [6.45, 7) is 0. The number of nitrogens with one attached hydrogen (secondary N) is 2. The molecule has 2 aromatic carbocycles. The van der Waals surface area contributed by atoms with Gasteiger partial charge in [-0.15, -0.1) is 11.8 Å². The van der Waals surface area contributed by atoms with Crippen LogP contribution in [0.2, 0.25) is 5.02 Å². The van der Waals surface area contributed by atoms with Crippen LogP contribution in [0.1, 0.15) is 16.8 Å². The van der Waals surface area contributed by atoms with Crippen molar-refractivity contribution in [1.29, 1.82) is 0 Å². The van der Waals surface area contributed by atoms with E-state index in [4.69, 9.17) is 11.6 Å². The normalized spacial score (nSPS) is 12.2. The second kappa shape index (κ2) is 9.95. The van der Waals surface area contributed by atoms with Gasteiger partial charge in [0.25, 0.3) is 5.91 Å². The Hall–Kier alpha value is -2.03. The number of hydrogen-bond acceptors (Lipinski definition) is 5. The van der Waals surface area contributed by atoms with E-state index in [0.29, 0.717) is 5.69 Å². The average molecular weight is 441 g/mol. The van der Waals surface area contributed by atoms with Crippen LogP contribution in [0.15, 0.2) is 53.4 Å². The minimum absolute atomic E-state index is 0.0518. The van der Waals surface area contributed by atoms with Gasteiger partial charge in [-0.05, 0) is 49.1 Å². The Morgan fingerprint density at radius 3 is 2.32 bits per heavy atom. The van der Waals surface area contributed by atoms with Gasteiger partial charge in [0.2, 0.25) is 5.91 Å². The fourth-order valence-electron chi connectivity index (χ4n) is 2.39. The molecule has 0 aliphatic carbocycles. The van der Waals surface area contributed by atoms with Crippen LogP contribution in [0.3, 0.4) is 0 Å². The number of hydrogen-bond donors (Lipinski definition) is 2. The molecule has 2 N–H and O–H groups in total. The van der Waals surface area contributed by atoms with Crippen LogP contribution in [0.5, 0.6) is 0 Å². The van der Waals surface area contributed by atoms with E-state index in [-0.39, 0.29) is 22.8 Å². The van der Waals surface area contributed by atoms with Crippen LogP contribution in [-0.4, -0.2) is 44.5 Å². The smallest absolute Gasteiger partial charge is 0.253 e. The van der Waals surface area contributed by atoms with E-state index >= 15 is 0 Å². The van der Waals surface area contributed by atoms with Crippen LogP contribution in [0, 0.1) is 0 Å². The van der Waals surface area contributed by atoms with E-state index in [1.807, 2.05) is 18.4 Å². The minimum atomic E-state index is -3.30. The lowest BCUT2D eigenvalue weighted by molar-refractivity contribution is -0.118. The molecule has 1 atom stereocenters. The van der Waals surface area contributed by atoms with E-state index in [9.17, 15) is 18.0 Å². The molecule has 0 bridgehead atoms. The highest BCUT2D eigenvalue weighted by atomic mass is 35.5. The number of anilines is 1. The van der Waals surface area contributed by atoms with Gasteiger partial charge in [0.15, 0.2) is 0 Å². The molecule has 0 unspecified atom stereocenters. The molecular weight excluding hydrogens is 420 g/mol. The van der Waals surface area contributed by atoms with Gasteiger partial charge in [0.1, 0.15) is 15.9 Å². The van der Waals surface area contributed by atoms with Gasteiger partial charge in [-0.3, -0.25) is 9.59 Å². The molecule has 0 heterocycles. The van der Waals surface area contributed by atoms with E-state index in [2.05, 4.69) is 10.6 Å². The van der Waals surface area contributed by atoms with Gasteiger partial charge in [-0.1, -0.05) is 23.7 Å². The van der Waals surface area contributed by atoms with Crippen LogP contribution in [0.4, 0.5) is 5.69 Å². The van der Waals surface area contributed by atoms with Crippen molar-refractivity contribution in [3.8, 4) is 0 Å². The number of benzene rings is 2. The Morgan fingerprint density at radius 2 is 1.75 bits per heavy atom. The number of carbonyl (C=O) groups excluding carboxylic acids is 2. The van der Waals surface area contributed by atoms with Gasteiger partial charge in [-0.2, -0.15) is 0 Å². The maximum absolute atomic E-state index is 12.7. The van der Waals surface area contributed by atoms with Gasteiger partial charge in [0.05, 0.1) is 16.3 Å². The van der Waals surface area contributed by atoms with Crippen molar-refractivity contribution in [3.05, 3.63) is 59.1 Å². The second-order valence-electron chi connectivity index (χ2n) is 6.14. The molecule has 0 saturated heterocycles. The molecule has 0 aliphatic rings. The Kier molecular flexibility index (Phi) is 7.91. The van der Waals surface area contributed by atoms with Crippen molar-refractivity contribution in [3.63, 3.8) is 0 Å². The number of amides is 2. The molecule has 0 aromatic heterocycles. The third-order valence-corrected chi connectivity index (χ3v) is 5.93. The first kappa shape index (κ1) is 22.3. The lowest BCUT2D eigenvalue weighted by Gasteiger charge is -2.19. The Bertz CT molecular complexity index is 947. The summed E-state index contributed by atoms with van der Waals surface area (Å²) in [5.41, 5.74) is 0.768. The Morgan fingerprint density at radius 1 is 1.11 bits per heavy atom. The van der Waals surface area contributed by atoms with Crippen molar-refractivity contribution < 1.29 is 18.0 Å². The largest absolute Gasteiger partial charge is 0.340 e. The van der Waals surface area contributed by atoms with Crippen LogP contribution < -0.4 is 10.6 Å². The van der Waals surface area contributed by atoms with Crippen molar-refractivity contribution in [2.24, 2.45) is 0 Å². The van der Waals surface area contributed by atoms with Crippen LogP contribution in [-0.2, 0) is 14.6 Å². The first-order chi connectivity index (χ1) is 13.2. The molecular formula is C19H21ClN2O4S2. The third-order valence-electron chi connectivity index (χ3n) is 3.88. The van der Waals surface area contributed by atoms with E-state index in [1.54, 1.807) is 42.1 Å². The minimum Gasteiger partial charge on any atom is -0.340 e. The summed E-state index contributed by atoms with van der Waals surface area (Å²) in [7, 11) is -3.30. The molecule has 0 saturated carbocycles. The maximum atomic E-state index is 12.7. The van der Waals surface area contributed by atoms with Crippen molar-refractivity contribution >= 4 is 50.7 Å². The predicted molar refractivity (Wildman–Crippen MR) is 114 cm³/mol. The monoisotopic (exact) mass is 440 g/mol. The number of halogens is 1. The first-order valence-corrected chi connectivity index (χ1v) is 12.0. The Balaban J connectivity index is 2.16.